The average molecular weight is 402 g/mol. The Labute approximate surface area is 138 Å². The molecule has 0 bridgehead atoms. The molecular weight excluding hydrogens is 380 g/mol. The molecule has 2 heterocycles. The third kappa shape index (κ3) is 2.93. The summed E-state index contributed by atoms with van der Waals surface area (Å²) in [5.41, 5.74) is 2.69. The van der Waals surface area contributed by atoms with Gasteiger partial charge in [-0.1, -0.05) is 37.9 Å². The maximum atomic E-state index is 3.69. The zero-order chi connectivity index (χ0) is 14.1. The lowest BCUT2D eigenvalue weighted by Crippen LogP contribution is -2.52. The number of anilines is 1. The van der Waals surface area contributed by atoms with Crippen LogP contribution in [-0.4, -0.2) is 37.6 Å². The van der Waals surface area contributed by atoms with Gasteiger partial charge in [0.2, 0.25) is 0 Å². The lowest BCUT2D eigenvalue weighted by molar-refractivity contribution is 0.102. The minimum absolute atomic E-state index is 0.810. The van der Waals surface area contributed by atoms with Gasteiger partial charge in [0.15, 0.2) is 0 Å². The van der Waals surface area contributed by atoms with Crippen molar-refractivity contribution >= 4 is 37.5 Å². The van der Waals surface area contributed by atoms with Crippen LogP contribution in [0, 0.1) is 5.92 Å². The van der Waals surface area contributed by atoms with Crippen LogP contribution in [0.2, 0.25) is 0 Å². The third-order valence-corrected chi connectivity index (χ3v) is 6.23. The van der Waals surface area contributed by atoms with Crippen LogP contribution in [0.15, 0.2) is 22.7 Å². The first-order chi connectivity index (χ1) is 9.69. The molecule has 0 N–H and O–H groups in total. The van der Waals surface area contributed by atoms with Crippen molar-refractivity contribution in [1.29, 1.82) is 0 Å². The number of halogens is 2. The van der Waals surface area contributed by atoms with Gasteiger partial charge in [-0.05, 0) is 56.5 Å². The van der Waals surface area contributed by atoms with E-state index < -0.39 is 0 Å². The molecule has 1 aromatic rings. The molecule has 0 radical (unpaired) electrons. The average Bonchev–Trinajstić information content (AvgIpc) is 2.47. The topological polar surface area (TPSA) is 6.48 Å². The van der Waals surface area contributed by atoms with Gasteiger partial charge in [0.05, 0.1) is 0 Å². The molecule has 2 aliphatic heterocycles. The number of rotatable bonds is 2. The van der Waals surface area contributed by atoms with E-state index in [1.165, 1.54) is 54.6 Å². The van der Waals surface area contributed by atoms with Crippen molar-refractivity contribution in [2.45, 2.75) is 30.6 Å². The fourth-order valence-electron chi connectivity index (χ4n) is 3.73. The van der Waals surface area contributed by atoms with E-state index in [2.05, 4.69) is 66.9 Å². The Balaban J connectivity index is 1.74. The summed E-state index contributed by atoms with van der Waals surface area (Å²) in [5.74, 6) is 0.845. The van der Waals surface area contributed by atoms with Crippen LogP contribution in [0.25, 0.3) is 0 Å². The zero-order valence-electron chi connectivity index (χ0n) is 12.0. The number of nitrogens with zero attached hydrogens (tertiary/aromatic N) is 2. The molecule has 2 nitrogen and oxygen atoms in total. The quantitative estimate of drug-likeness (QED) is 0.683. The van der Waals surface area contributed by atoms with E-state index in [9.17, 15) is 0 Å². The van der Waals surface area contributed by atoms with E-state index in [1.807, 2.05) is 0 Å². The predicted molar refractivity (Wildman–Crippen MR) is 92.7 cm³/mol. The third-order valence-electron chi connectivity index (χ3n) is 4.89. The van der Waals surface area contributed by atoms with E-state index >= 15 is 0 Å². The van der Waals surface area contributed by atoms with E-state index in [4.69, 9.17) is 0 Å². The molecule has 4 heteroatoms. The standard InChI is InChI=1S/C16H22Br2N2/c1-19-7-2-3-13-11-20(8-6-16(13)19)14-5-4-12(10-17)15(18)9-14/h4-5,9,13,16H,2-3,6-8,10-11H2,1H3. The highest BCUT2D eigenvalue weighted by Gasteiger charge is 2.34. The zero-order valence-corrected chi connectivity index (χ0v) is 15.2. The Hall–Kier alpha value is -0.0600. The monoisotopic (exact) mass is 400 g/mol. The van der Waals surface area contributed by atoms with Gasteiger partial charge in [-0.3, -0.25) is 0 Å². The lowest BCUT2D eigenvalue weighted by atomic mass is 9.84. The van der Waals surface area contributed by atoms with Gasteiger partial charge in [-0.15, -0.1) is 0 Å². The number of likely N-dealkylation sites (tertiary alicyclic amines) is 1. The molecule has 110 valence electrons. The molecular formula is C16H22Br2N2. The summed E-state index contributed by atoms with van der Waals surface area (Å²) >= 11 is 7.22. The maximum absolute atomic E-state index is 3.69. The summed E-state index contributed by atoms with van der Waals surface area (Å²) in [6, 6.07) is 7.59. The number of piperidine rings is 2. The van der Waals surface area contributed by atoms with E-state index in [-0.39, 0.29) is 0 Å². The van der Waals surface area contributed by atoms with Crippen LogP contribution in [-0.2, 0) is 5.33 Å². The second kappa shape index (κ2) is 6.37. The van der Waals surface area contributed by atoms with Gasteiger partial charge in [-0.2, -0.15) is 0 Å². The fraction of sp³-hybridized carbons (Fsp3) is 0.625. The minimum atomic E-state index is 0.810. The van der Waals surface area contributed by atoms with E-state index in [1.54, 1.807) is 0 Å². The first-order valence-electron chi connectivity index (χ1n) is 7.48. The summed E-state index contributed by atoms with van der Waals surface area (Å²) < 4.78 is 1.22. The molecule has 0 spiro atoms. The summed E-state index contributed by atoms with van der Waals surface area (Å²) in [5, 5.41) is 0.906. The van der Waals surface area contributed by atoms with Gasteiger partial charge >= 0.3 is 0 Å². The molecule has 2 saturated heterocycles. The summed E-state index contributed by atoms with van der Waals surface area (Å²) in [6.07, 6.45) is 4.06. The van der Waals surface area contributed by atoms with E-state index in [0.29, 0.717) is 0 Å². The fourth-order valence-corrected chi connectivity index (χ4v) is 5.10. The Kier molecular flexibility index (Phi) is 4.73. The molecule has 0 aliphatic carbocycles. The summed E-state index contributed by atoms with van der Waals surface area (Å²) in [6.45, 7) is 3.69. The summed E-state index contributed by atoms with van der Waals surface area (Å²) in [7, 11) is 2.30. The first kappa shape index (κ1) is 14.9. The normalized spacial score (nSPS) is 27.4. The molecule has 2 fully saturated rings. The molecule has 0 amide bonds. The minimum Gasteiger partial charge on any atom is -0.371 e. The molecule has 2 unspecified atom stereocenters. The van der Waals surface area contributed by atoms with Crippen LogP contribution in [0.1, 0.15) is 24.8 Å². The van der Waals surface area contributed by atoms with Gasteiger partial charge in [0.1, 0.15) is 0 Å². The molecule has 3 rings (SSSR count). The van der Waals surface area contributed by atoms with Crippen molar-refractivity contribution in [3.63, 3.8) is 0 Å². The molecule has 2 atom stereocenters. The van der Waals surface area contributed by atoms with Crippen molar-refractivity contribution in [3.05, 3.63) is 28.2 Å². The van der Waals surface area contributed by atoms with Crippen LogP contribution >= 0.6 is 31.9 Å². The Morgan fingerprint density at radius 3 is 2.85 bits per heavy atom. The van der Waals surface area contributed by atoms with Crippen LogP contribution in [0.5, 0.6) is 0 Å². The number of benzene rings is 1. The van der Waals surface area contributed by atoms with Crippen molar-refractivity contribution in [2.75, 3.05) is 31.6 Å². The van der Waals surface area contributed by atoms with Crippen LogP contribution in [0.3, 0.4) is 0 Å². The number of hydrogen-bond acceptors (Lipinski definition) is 2. The van der Waals surface area contributed by atoms with Crippen molar-refractivity contribution < 1.29 is 0 Å². The SMILES string of the molecule is CN1CCCC2CN(c3ccc(CBr)c(Br)c3)CCC21. The summed E-state index contributed by atoms with van der Waals surface area (Å²) in [4.78, 5) is 5.15. The smallest absolute Gasteiger partial charge is 0.0377 e. The number of fused-ring (bicyclic) bond motifs is 1. The Bertz CT molecular complexity index is 478. The van der Waals surface area contributed by atoms with Crippen LogP contribution in [0.4, 0.5) is 5.69 Å². The van der Waals surface area contributed by atoms with Gasteiger partial charge in [0.25, 0.3) is 0 Å². The molecule has 0 saturated carbocycles. The van der Waals surface area contributed by atoms with E-state index in [0.717, 1.165) is 17.3 Å². The van der Waals surface area contributed by atoms with Crippen molar-refractivity contribution in [1.82, 2.24) is 4.90 Å². The maximum Gasteiger partial charge on any atom is 0.0377 e. The van der Waals surface area contributed by atoms with Gasteiger partial charge in [-0.25, -0.2) is 0 Å². The molecule has 1 aromatic carbocycles. The number of alkyl halides is 1. The van der Waals surface area contributed by atoms with Gasteiger partial charge < -0.3 is 9.80 Å². The highest BCUT2D eigenvalue weighted by molar-refractivity contribution is 9.10. The lowest BCUT2D eigenvalue weighted by Gasteiger charge is -2.46. The Morgan fingerprint density at radius 1 is 1.25 bits per heavy atom. The second-order valence-corrected chi connectivity index (χ2v) is 7.51. The Morgan fingerprint density at radius 2 is 2.10 bits per heavy atom. The predicted octanol–water partition coefficient (Wildman–Crippen LogP) is 4.26. The second-order valence-electron chi connectivity index (χ2n) is 6.09. The largest absolute Gasteiger partial charge is 0.371 e. The molecule has 20 heavy (non-hydrogen) atoms. The first-order valence-corrected chi connectivity index (χ1v) is 9.40. The van der Waals surface area contributed by atoms with Crippen molar-refractivity contribution in [3.8, 4) is 0 Å². The highest BCUT2D eigenvalue weighted by atomic mass is 79.9. The molecule has 0 aromatic heterocycles. The number of hydrogen-bond donors (Lipinski definition) is 0. The van der Waals surface area contributed by atoms with Gasteiger partial charge in [0, 0.05) is 34.6 Å². The van der Waals surface area contributed by atoms with Crippen molar-refractivity contribution in [2.24, 2.45) is 5.92 Å². The molecule has 2 aliphatic rings. The van der Waals surface area contributed by atoms with Crippen LogP contribution < -0.4 is 4.90 Å². The highest BCUT2D eigenvalue weighted by Crippen LogP contribution is 2.33.